The fourth-order valence-electron chi connectivity index (χ4n) is 10.4. The Balaban J connectivity index is 1.19. The Morgan fingerprint density at radius 3 is 1.51 bits per heavy atom. The molecule has 3 aromatic rings. The number of rotatable bonds is 5. The molecule has 2 heterocycles. The highest BCUT2D eigenvalue weighted by Gasteiger charge is 2.51. The molecule has 6 aliphatic rings. The van der Waals surface area contributed by atoms with Crippen LogP contribution in [0.4, 0.5) is 11.4 Å². The maximum atomic E-state index is 7.10. The molecule has 0 radical (unpaired) electrons. The number of hydrogen-bond donors (Lipinski definition) is 0. The topological polar surface area (TPSA) is 15.7 Å². The van der Waals surface area contributed by atoms with Gasteiger partial charge in [-0.05, 0) is 114 Å². The summed E-state index contributed by atoms with van der Waals surface area (Å²) in [6.07, 6.45) is 5.85. The molecule has 9 rings (SSSR count). The Kier molecular flexibility index (Phi) is 6.64. The number of para-hydroxylation sites is 2. The van der Waals surface area contributed by atoms with Crippen molar-refractivity contribution in [1.82, 2.24) is 0 Å². The van der Waals surface area contributed by atoms with Crippen molar-refractivity contribution in [3.8, 4) is 5.75 Å². The van der Waals surface area contributed by atoms with Crippen LogP contribution in [0.3, 0.4) is 0 Å². The molecule has 0 N–H and O–H groups in total. The predicted octanol–water partition coefficient (Wildman–Crippen LogP) is 10.5. The third-order valence-electron chi connectivity index (χ3n) is 12.2. The number of benzene rings is 3. The summed E-state index contributed by atoms with van der Waals surface area (Å²) in [5, 5.41) is 0. The number of hydrogen-bond acceptors (Lipinski definition) is 4. The van der Waals surface area contributed by atoms with Crippen molar-refractivity contribution in [3.63, 3.8) is 0 Å². The van der Waals surface area contributed by atoms with Crippen LogP contribution >= 0.6 is 6.26 Å². The molecule has 0 amide bonds. The van der Waals surface area contributed by atoms with Crippen LogP contribution in [0.1, 0.15) is 82.9 Å². The molecule has 45 heavy (non-hydrogen) atoms. The minimum absolute atomic E-state index is 0.181. The van der Waals surface area contributed by atoms with Crippen molar-refractivity contribution in [2.45, 2.75) is 82.5 Å². The maximum Gasteiger partial charge on any atom is 0.161 e. The minimum atomic E-state index is -2.68. The van der Waals surface area contributed by atoms with Gasteiger partial charge in [0.05, 0.1) is 0 Å². The number of anilines is 2. The second kappa shape index (κ2) is 10.1. The molecule has 1 unspecified atom stereocenters. The van der Waals surface area contributed by atoms with E-state index in [0.29, 0.717) is 5.41 Å². The van der Waals surface area contributed by atoms with Crippen LogP contribution in [0.5, 0.6) is 5.75 Å². The number of likely N-dealkylation sites (N-methyl/N-ethyl adjacent to an activating group) is 2. The molecular weight excluding hydrogens is 587 g/mol. The Hall–Kier alpha value is -2.81. The molecule has 0 aromatic heterocycles. The third kappa shape index (κ3) is 4.61. The van der Waals surface area contributed by atoms with E-state index in [9.17, 15) is 0 Å². The van der Waals surface area contributed by atoms with Crippen molar-refractivity contribution < 1.29 is 4.52 Å². The molecule has 4 aliphatic carbocycles. The first-order chi connectivity index (χ1) is 21.4. The number of nitrogens with zero attached hydrogens (tertiary/aromatic N) is 2. The smallest absolute Gasteiger partial charge is 0.161 e. The second-order valence-corrected chi connectivity index (χ2v) is 19.6. The van der Waals surface area contributed by atoms with Crippen molar-refractivity contribution >= 4 is 29.4 Å². The van der Waals surface area contributed by atoms with Crippen molar-refractivity contribution in [2.24, 2.45) is 17.8 Å². The van der Waals surface area contributed by atoms with Gasteiger partial charge in [0, 0.05) is 59.3 Å². The summed E-state index contributed by atoms with van der Waals surface area (Å²) in [5.41, 5.74) is 9.12. The number of allylic oxidation sites excluding steroid dienone is 2. The van der Waals surface area contributed by atoms with Gasteiger partial charge in [-0.1, -0.05) is 76.2 Å². The average Bonchev–Trinajstić information content (AvgIpc) is 3.31. The molecule has 2 aliphatic heterocycles. The monoisotopic (exact) mass is 634 g/mol. The number of fused-ring (bicyclic) bond motifs is 2. The van der Waals surface area contributed by atoms with Crippen LogP contribution < -0.4 is 14.3 Å². The van der Waals surface area contributed by atoms with Crippen molar-refractivity contribution in [2.75, 3.05) is 23.9 Å². The van der Waals surface area contributed by atoms with E-state index in [2.05, 4.69) is 136 Å². The fraction of sp³-hybridized carbons (Fsp3) is 0.450. The van der Waals surface area contributed by atoms with E-state index in [1.54, 1.807) is 0 Å². The van der Waals surface area contributed by atoms with Crippen molar-refractivity contribution in [1.29, 1.82) is 0 Å². The third-order valence-corrected chi connectivity index (χ3v) is 14.8. The van der Waals surface area contributed by atoms with Gasteiger partial charge in [-0.25, -0.2) is 0 Å². The lowest BCUT2D eigenvalue weighted by Gasteiger charge is -2.57. The van der Waals surface area contributed by atoms with Crippen LogP contribution in [0.15, 0.2) is 95.8 Å². The van der Waals surface area contributed by atoms with E-state index in [0.717, 1.165) is 23.5 Å². The van der Waals surface area contributed by atoms with Gasteiger partial charge in [0.2, 0.25) is 0 Å². The molecule has 4 fully saturated rings. The van der Waals surface area contributed by atoms with Crippen LogP contribution in [0, 0.1) is 17.8 Å². The lowest BCUT2D eigenvalue weighted by atomic mass is 9.48. The molecule has 0 spiro atoms. The van der Waals surface area contributed by atoms with Gasteiger partial charge in [0.15, 0.2) is 6.26 Å². The standard InChI is InChI=1S/C40H47N2OPS/c1-38(2)32-11-7-9-13-34(32)41(5)36(38)25-44(45,26-37-39(3,4)33-12-8-10-14-35(33)42(37)6)43-31-17-15-30(16-18-31)40-22-27-19-28(23-40)21-29(20-27)24-40/h7-18,25-29H,19-24H2,1-6H3/b36-25+,37-26?. The van der Waals surface area contributed by atoms with Crippen LogP contribution in [0.25, 0.3) is 0 Å². The van der Waals surface area contributed by atoms with Gasteiger partial charge in [0.1, 0.15) is 5.75 Å². The lowest BCUT2D eigenvalue weighted by molar-refractivity contribution is -0.00519. The highest BCUT2D eigenvalue weighted by molar-refractivity contribution is 8.15. The summed E-state index contributed by atoms with van der Waals surface area (Å²) in [5.74, 6) is 8.31. The van der Waals surface area contributed by atoms with Crippen LogP contribution in [-0.4, -0.2) is 14.1 Å². The molecule has 4 bridgehead atoms. The van der Waals surface area contributed by atoms with E-state index in [1.807, 2.05) is 0 Å². The summed E-state index contributed by atoms with van der Waals surface area (Å²) < 4.78 is 7.10. The quantitative estimate of drug-likeness (QED) is 0.260. The zero-order valence-corrected chi connectivity index (χ0v) is 29.4. The highest BCUT2D eigenvalue weighted by atomic mass is 32.4. The Morgan fingerprint density at radius 1 is 0.667 bits per heavy atom. The molecule has 1 atom stereocenters. The van der Waals surface area contributed by atoms with E-state index < -0.39 is 6.26 Å². The normalized spacial score (nSPS) is 31.7. The summed E-state index contributed by atoms with van der Waals surface area (Å²) in [6, 6.07) is 26.7. The summed E-state index contributed by atoms with van der Waals surface area (Å²) in [6.45, 7) is 9.26. The Morgan fingerprint density at radius 2 is 1.09 bits per heavy atom. The minimum Gasteiger partial charge on any atom is -0.459 e. The van der Waals surface area contributed by atoms with Gasteiger partial charge < -0.3 is 14.3 Å². The van der Waals surface area contributed by atoms with Crippen LogP contribution in [-0.2, 0) is 28.1 Å². The largest absolute Gasteiger partial charge is 0.459 e. The summed E-state index contributed by atoms with van der Waals surface area (Å²) in [7, 11) is 4.35. The predicted molar refractivity (Wildman–Crippen MR) is 193 cm³/mol. The zero-order valence-electron chi connectivity index (χ0n) is 27.7. The van der Waals surface area contributed by atoms with Crippen LogP contribution in [0.2, 0.25) is 0 Å². The van der Waals surface area contributed by atoms with E-state index in [4.69, 9.17) is 16.3 Å². The molecule has 234 valence electrons. The molecule has 4 saturated carbocycles. The van der Waals surface area contributed by atoms with Gasteiger partial charge in [-0.3, -0.25) is 0 Å². The van der Waals surface area contributed by atoms with E-state index in [-0.39, 0.29) is 10.8 Å². The Labute approximate surface area is 275 Å². The first-order valence-electron chi connectivity index (χ1n) is 16.9. The molecule has 5 heteroatoms. The highest BCUT2D eigenvalue weighted by Crippen LogP contribution is 2.62. The molecule has 3 nitrogen and oxygen atoms in total. The molecule has 3 aromatic carbocycles. The maximum absolute atomic E-state index is 7.10. The average molecular weight is 635 g/mol. The summed E-state index contributed by atoms with van der Waals surface area (Å²) in [4.78, 5) is 4.65. The van der Waals surface area contributed by atoms with Gasteiger partial charge >= 0.3 is 0 Å². The molecular formula is C40H47N2OPS. The van der Waals surface area contributed by atoms with E-state index in [1.165, 1.54) is 78.0 Å². The Bertz CT molecular complexity index is 1660. The van der Waals surface area contributed by atoms with Gasteiger partial charge in [0.25, 0.3) is 0 Å². The lowest BCUT2D eigenvalue weighted by Crippen LogP contribution is -2.48. The van der Waals surface area contributed by atoms with Gasteiger partial charge in [-0.2, -0.15) is 0 Å². The SMILES string of the molecule is CN1C(=CP(=S)(/C=C2/N(C)c3ccccc3C2(C)C)Oc2ccc(C34CC5CC(CC(C5)C3)C4)cc2)C(C)(C)c2ccccc21. The van der Waals surface area contributed by atoms with Gasteiger partial charge in [-0.15, -0.1) is 0 Å². The fourth-order valence-corrected chi connectivity index (χ4v) is 13.6. The van der Waals surface area contributed by atoms with E-state index >= 15 is 0 Å². The second-order valence-electron chi connectivity index (χ2n) is 15.9. The molecule has 0 saturated heterocycles. The first-order valence-corrected chi connectivity index (χ1v) is 19.8. The van der Waals surface area contributed by atoms with Crippen molar-refractivity contribution in [3.05, 3.63) is 113 Å². The zero-order chi connectivity index (χ0) is 31.4. The first kappa shape index (κ1) is 29.6. The summed E-state index contributed by atoms with van der Waals surface area (Å²) >= 11 is 6.72.